The number of benzene rings is 1. The summed E-state index contributed by atoms with van der Waals surface area (Å²) < 4.78 is 25.1. The number of hydrogen-bond donors (Lipinski definition) is 1. The zero-order chi connectivity index (χ0) is 21.0. The van der Waals surface area contributed by atoms with Crippen LogP contribution < -0.4 is 5.32 Å². The normalized spacial score (nSPS) is 30.2. The van der Waals surface area contributed by atoms with Gasteiger partial charge in [-0.05, 0) is 36.8 Å². The van der Waals surface area contributed by atoms with Gasteiger partial charge in [0.2, 0.25) is 0 Å². The van der Waals surface area contributed by atoms with Crippen LogP contribution in [0.3, 0.4) is 0 Å². The first kappa shape index (κ1) is 25.0. The van der Waals surface area contributed by atoms with Crippen LogP contribution in [0.25, 0.3) is 0 Å². The van der Waals surface area contributed by atoms with Crippen LogP contribution in [-0.2, 0) is 9.47 Å². The van der Waals surface area contributed by atoms with E-state index in [0.717, 1.165) is 56.7 Å². The summed E-state index contributed by atoms with van der Waals surface area (Å²) in [6.45, 7) is 8.11. The molecule has 0 bridgehead atoms. The van der Waals surface area contributed by atoms with Crippen molar-refractivity contribution in [2.24, 2.45) is 4.99 Å². The van der Waals surface area contributed by atoms with Crippen molar-refractivity contribution in [2.75, 3.05) is 64.5 Å². The SMILES string of the molecule is CN=C(NCC1(N2CCOCC2)CCSC1)N1CC(C)OC(c2ccc(F)cc2)C1.I. The molecule has 1 N–H and O–H groups in total. The molecule has 3 aliphatic rings. The van der Waals surface area contributed by atoms with Crippen molar-refractivity contribution in [1.82, 2.24) is 15.1 Å². The maximum absolute atomic E-state index is 13.3. The molecule has 0 radical (unpaired) electrons. The van der Waals surface area contributed by atoms with E-state index < -0.39 is 0 Å². The lowest BCUT2D eigenvalue weighted by molar-refractivity contribution is -0.0608. The second-order valence-electron chi connectivity index (χ2n) is 8.42. The summed E-state index contributed by atoms with van der Waals surface area (Å²) >= 11 is 2.04. The predicted octanol–water partition coefficient (Wildman–Crippen LogP) is 2.99. The Morgan fingerprint density at radius 2 is 2.00 bits per heavy atom. The van der Waals surface area contributed by atoms with Crippen LogP contribution in [0.5, 0.6) is 0 Å². The minimum absolute atomic E-state index is 0. The van der Waals surface area contributed by atoms with Crippen molar-refractivity contribution in [1.29, 1.82) is 0 Å². The van der Waals surface area contributed by atoms with Crippen LogP contribution >= 0.6 is 35.7 Å². The number of halogens is 2. The second-order valence-corrected chi connectivity index (χ2v) is 9.52. The van der Waals surface area contributed by atoms with Crippen molar-refractivity contribution in [2.45, 2.75) is 31.1 Å². The van der Waals surface area contributed by atoms with Gasteiger partial charge in [0.1, 0.15) is 11.9 Å². The van der Waals surface area contributed by atoms with Gasteiger partial charge >= 0.3 is 0 Å². The zero-order valence-electron chi connectivity index (χ0n) is 18.4. The van der Waals surface area contributed by atoms with Crippen LogP contribution in [0.1, 0.15) is 25.0 Å². The lowest BCUT2D eigenvalue weighted by Gasteiger charge is -2.44. The Balaban J connectivity index is 0.00000272. The number of thioether (sulfide) groups is 1. The molecule has 3 aliphatic heterocycles. The number of nitrogens with one attached hydrogen (secondary N) is 1. The highest BCUT2D eigenvalue weighted by molar-refractivity contribution is 14.0. The van der Waals surface area contributed by atoms with E-state index in [1.54, 1.807) is 0 Å². The van der Waals surface area contributed by atoms with E-state index in [-0.39, 0.29) is 47.5 Å². The second kappa shape index (κ2) is 11.5. The fraction of sp³-hybridized carbons (Fsp3) is 0.682. The average Bonchev–Trinajstić information content (AvgIpc) is 3.25. The highest BCUT2D eigenvalue weighted by Gasteiger charge is 2.41. The highest BCUT2D eigenvalue weighted by Crippen LogP contribution is 2.34. The molecule has 3 atom stereocenters. The van der Waals surface area contributed by atoms with Crippen LogP contribution in [0.4, 0.5) is 4.39 Å². The smallest absolute Gasteiger partial charge is 0.193 e. The number of morpholine rings is 2. The van der Waals surface area contributed by atoms with Gasteiger partial charge in [0.05, 0.1) is 25.9 Å². The summed E-state index contributed by atoms with van der Waals surface area (Å²) in [7, 11) is 1.85. The largest absolute Gasteiger partial charge is 0.379 e. The van der Waals surface area contributed by atoms with Crippen LogP contribution in [0.2, 0.25) is 0 Å². The zero-order valence-corrected chi connectivity index (χ0v) is 21.5. The van der Waals surface area contributed by atoms with Crippen molar-refractivity contribution in [3.8, 4) is 0 Å². The Hall–Kier alpha value is -0.620. The molecule has 3 unspecified atom stereocenters. The Labute approximate surface area is 206 Å². The molecule has 0 aliphatic carbocycles. The van der Waals surface area contributed by atoms with Crippen LogP contribution in [0.15, 0.2) is 29.3 Å². The standard InChI is InChI=1S/C22H33FN4O2S.HI/c1-17-13-26(14-20(29-17)18-3-5-19(23)6-4-18)21(24-2)25-15-22(7-12-30-16-22)27-8-10-28-11-9-27;/h3-6,17,20H,7-16H2,1-2H3,(H,24,25);1H. The quantitative estimate of drug-likeness (QED) is 0.345. The molecule has 1 aromatic carbocycles. The Bertz CT molecular complexity index is 727. The van der Waals surface area contributed by atoms with Crippen molar-refractivity contribution < 1.29 is 13.9 Å². The van der Waals surface area contributed by atoms with Crippen molar-refractivity contribution in [3.63, 3.8) is 0 Å². The molecule has 0 saturated carbocycles. The van der Waals surface area contributed by atoms with Crippen molar-refractivity contribution >= 4 is 41.7 Å². The van der Waals surface area contributed by atoms with E-state index in [1.165, 1.54) is 24.3 Å². The molecular formula is C22H34FIN4O2S. The monoisotopic (exact) mass is 564 g/mol. The fourth-order valence-corrected chi connectivity index (χ4v) is 6.17. The Kier molecular flexibility index (Phi) is 9.27. The van der Waals surface area contributed by atoms with Gasteiger partial charge in [-0.2, -0.15) is 11.8 Å². The number of rotatable bonds is 4. The van der Waals surface area contributed by atoms with Crippen LogP contribution in [-0.4, -0.2) is 91.9 Å². The van der Waals surface area contributed by atoms with E-state index in [1.807, 2.05) is 30.9 Å². The van der Waals surface area contributed by atoms with Gasteiger partial charge in [-0.3, -0.25) is 9.89 Å². The summed E-state index contributed by atoms with van der Waals surface area (Å²) in [4.78, 5) is 9.48. The van der Waals surface area contributed by atoms with Gasteiger partial charge in [0.25, 0.3) is 0 Å². The third kappa shape index (κ3) is 6.04. The number of hydrogen-bond acceptors (Lipinski definition) is 5. The number of nitrogens with zero attached hydrogens (tertiary/aromatic N) is 3. The lowest BCUT2D eigenvalue weighted by atomic mass is 9.95. The van der Waals surface area contributed by atoms with E-state index in [4.69, 9.17) is 9.47 Å². The number of guanidine groups is 1. The molecule has 3 fully saturated rings. The maximum atomic E-state index is 13.3. The number of aliphatic imine (C=N–C) groups is 1. The molecule has 31 heavy (non-hydrogen) atoms. The van der Waals surface area contributed by atoms with Gasteiger partial charge in [-0.15, -0.1) is 24.0 Å². The molecule has 6 nitrogen and oxygen atoms in total. The van der Waals surface area contributed by atoms with Gasteiger partial charge in [0.15, 0.2) is 5.96 Å². The summed E-state index contributed by atoms with van der Waals surface area (Å²) in [5.74, 6) is 3.05. The first-order chi connectivity index (χ1) is 14.6. The predicted molar refractivity (Wildman–Crippen MR) is 135 cm³/mol. The van der Waals surface area contributed by atoms with Gasteiger partial charge in [0, 0.05) is 44.5 Å². The summed E-state index contributed by atoms with van der Waals surface area (Å²) in [6.07, 6.45) is 1.17. The molecule has 0 aromatic heterocycles. The molecule has 4 rings (SSSR count). The topological polar surface area (TPSA) is 49.3 Å². The molecule has 3 heterocycles. The Morgan fingerprint density at radius 1 is 1.26 bits per heavy atom. The molecule has 9 heteroatoms. The van der Waals surface area contributed by atoms with Gasteiger partial charge in [-0.25, -0.2) is 4.39 Å². The Morgan fingerprint density at radius 3 is 2.65 bits per heavy atom. The average molecular weight is 565 g/mol. The lowest BCUT2D eigenvalue weighted by Crippen LogP contribution is -2.61. The molecule has 0 amide bonds. The van der Waals surface area contributed by atoms with E-state index in [0.29, 0.717) is 6.54 Å². The van der Waals surface area contributed by atoms with Gasteiger partial charge < -0.3 is 19.7 Å². The van der Waals surface area contributed by atoms with E-state index >= 15 is 0 Å². The van der Waals surface area contributed by atoms with Gasteiger partial charge in [-0.1, -0.05) is 12.1 Å². The minimum Gasteiger partial charge on any atom is -0.379 e. The maximum Gasteiger partial charge on any atom is 0.193 e. The molecule has 0 spiro atoms. The summed E-state index contributed by atoms with van der Waals surface area (Å²) in [6, 6.07) is 6.63. The van der Waals surface area contributed by atoms with Crippen molar-refractivity contribution in [3.05, 3.63) is 35.6 Å². The minimum atomic E-state index is -0.222. The van der Waals surface area contributed by atoms with E-state index in [9.17, 15) is 4.39 Å². The first-order valence-corrected chi connectivity index (χ1v) is 12.0. The van der Waals surface area contributed by atoms with E-state index in [2.05, 4.69) is 27.0 Å². The summed E-state index contributed by atoms with van der Waals surface area (Å²) in [5.41, 5.74) is 1.17. The third-order valence-corrected chi connectivity index (χ3v) is 7.59. The molecule has 3 saturated heterocycles. The molecular weight excluding hydrogens is 530 g/mol. The number of ether oxygens (including phenoxy) is 2. The molecule has 174 valence electrons. The fourth-order valence-electron chi connectivity index (χ4n) is 4.70. The highest BCUT2D eigenvalue weighted by atomic mass is 127. The first-order valence-electron chi connectivity index (χ1n) is 10.9. The van der Waals surface area contributed by atoms with Crippen LogP contribution in [0, 0.1) is 5.82 Å². The third-order valence-electron chi connectivity index (χ3n) is 6.35. The summed E-state index contributed by atoms with van der Waals surface area (Å²) in [5, 5.41) is 3.69. The molecule has 1 aromatic rings.